The van der Waals surface area contributed by atoms with E-state index in [0.29, 0.717) is 13.0 Å². The third-order valence-electron chi connectivity index (χ3n) is 12.4. The van der Waals surface area contributed by atoms with Crippen molar-refractivity contribution >= 4 is 5.97 Å². The molecule has 0 spiro atoms. The van der Waals surface area contributed by atoms with Crippen molar-refractivity contribution in [1.82, 2.24) is 0 Å². The molecule has 0 aromatic carbocycles. The highest BCUT2D eigenvalue weighted by molar-refractivity contribution is 5.69. The Hall–Kier alpha value is -0.790. The Bertz CT molecular complexity index is 728. The van der Waals surface area contributed by atoms with Gasteiger partial charge in [-0.2, -0.15) is 0 Å². The number of rotatable bonds is 50. The van der Waals surface area contributed by atoms with Crippen molar-refractivity contribution in [2.45, 2.75) is 322 Å². The molecule has 0 heterocycles. The van der Waals surface area contributed by atoms with E-state index in [9.17, 15) is 4.79 Å². The second-order valence-corrected chi connectivity index (χ2v) is 18.2. The molecule has 0 amide bonds. The zero-order chi connectivity index (χ0) is 40.3. The lowest BCUT2D eigenvalue weighted by Crippen LogP contribution is -2.05. The summed E-state index contributed by atoms with van der Waals surface area (Å²) in [6.07, 6.45) is 70.8. The Labute approximate surface area is 355 Å². The fourth-order valence-corrected chi connectivity index (χ4v) is 8.43. The summed E-state index contributed by atoms with van der Waals surface area (Å²) in [6, 6.07) is 0. The first kappa shape index (κ1) is 55.2. The molecule has 0 N–H and O–H groups in total. The smallest absolute Gasteiger partial charge is 0.305 e. The van der Waals surface area contributed by atoms with Crippen LogP contribution in [0.5, 0.6) is 0 Å². The third kappa shape index (κ3) is 51.2. The van der Waals surface area contributed by atoms with Crippen LogP contribution in [-0.2, 0) is 9.53 Å². The first-order valence-electron chi connectivity index (χ1n) is 26.6. The summed E-state index contributed by atoms with van der Waals surface area (Å²) in [4.78, 5) is 12.1. The number of carbonyl (C=O) groups excluding carboxylic acids is 1. The van der Waals surface area contributed by atoms with Crippen LogP contribution in [0.2, 0.25) is 0 Å². The van der Waals surface area contributed by atoms with E-state index in [0.717, 1.165) is 12.8 Å². The van der Waals surface area contributed by atoms with Gasteiger partial charge in [-0.3, -0.25) is 4.79 Å². The van der Waals surface area contributed by atoms with Crippen LogP contribution >= 0.6 is 0 Å². The molecule has 0 radical (unpaired) electrons. The highest BCUT2D eigenvalue weighted by atomic mass is 16.5. The van der Waals surface area contributed by atoms with Gasteiger partial charge < -0.3 is 4.74 Å². The molecular weight excluding hydrogens is 681 g/mol. The van der Waals surface area contributed by atoms with Gasteiger partial charge in [0.15, 0.2) is 0 Å². The molecule has 56 heavy (non-hydrogen) atoms. The third-order valence-corrected chi connectivity index (χ3v) is 12.4. The highest BCUT2D eigenvalue weighted by Crippen LogP contribution is 2.17. The van der Waals surface area contributed by atoms with Crippen molar-refractivity contribution in [3.8, 4) is 0 Å². The molecule has 2 heteroatoms. The number of unbranched alkanes of at least 4 members (excludes halogenated alkanes) is 44. The van der Waals surface area contributed by atoms with Crippen LogP contribution in [0, 0.1) is 0 Å². The molecule has 0 aliphatic carbocycles. The molecule has 0 fully saturated rings. The first-order chi connectivity index (χ1) is 27.8. The van der Waals surface area contributed by atoms with E-state index in [1.165, 1.54) is 289 Å². The van der Waals surface area contributed by atoms with Crippen LogP contribution in [0.3, 0.4) is 0 Å². The Morgan fingerprint density at radius 1 is 0.286 bits per heavy atom. The summed E-state index contributed by atoms with van der Waals surface area (Å²) in [5.41, 5.74) is 0. The van der Waals surface area contributed by atoms with Gasteiger partial charge in [0.05, 0.1) is 6.61 Å². The normalized spacial score (nSPS) is 11.7. The van der Waals surface area contributed by atoms with Crippen molar-refractivity contribution in [3.05, 3.63) is 12.2 Å². The van der Waals surface area contributed by atoms with Gasteiger partial charge in [-0.15, -0.1) is 0 Å². The molecule has 0 aromatic rings. The average molecular weight is 787 g/mol. The molecule has 2 nitrogen and oxygen atoms in total. The summed E-state index contributed by atoms with van der Waals surface area (Å²) in [7, 11) is 0. The first-order valence-corrected chi connectivity index (χ1v) is 26.6. The molecule has 0 aliphatic heterocycles. The van der Waals surface area contributed by atoms with Crippen LogP contribution in [-0.4, -0.2) is 12.6 Å². The fraction of sp³-hybridized carbons (Fsp3) is 0.944. The molecule has 0 unspecified atom stereocenters. The summed E-state index contributed by atoms with van der Waals surface area (Å²) < 4.78 is 5.50. The topological polar surface area (TPSA) is 26.3 Å². The predicted octanol–water partition coefficient (Wildman–Crippen LogP) is 19.9. The lowest BCUT2D eigenvalue weighted by atomic mass is 10.0. The lowest BCUT2D eigenvalue weighted by Gasteiger charge is -2.06. The molecule has 334 valence electrons. The standard InChI is InChI=1S/C54H106O2/c1-3-5-7-9-11-13-15-17-19-21-23-25-26-27-28-29-30-31-33-35-37-39-41-43-45-47-49-51-53-56-54(55)52-50-48-46-44-42-40-38-36-34-32-24-22-20-18-16-14-12-10-8-6-4-2/h18,20H,3-17,19,21-53H2,1-2H3. The lowest BCUT2D eigenvalue weighted by molar-refractivity contribution is -0.143. The number of hydrogen-bond donors (Lipinski definition) is 0. The Morgan fingerprint density at radius 3 is 0.768 bits per heavy atom. The molecule has 0 atom stereocenters. The molecule has 0 aliphatic rings. The number of carbonyl (C=O) groups is 1. The molecule has 0 saturated carbocycles. The predicted molar refractivity (Wildman–Crippen MR) is 253 cm³/mol. The van der Waals surface area contributed by atoms with Gasteiger partial charge in [0.25, 0.3) is 0 Å². The Kier molecular flexibility index (Phi) is 51.5. The van der Waals surface area contributed by atoms with Gasteiger partial charge in [-0.25, -0.2) is 0 Å². The van der Waals surface area contributed by atoms with Crippen LogP contribution in [0.1, 0.15) is 322 Å². The van der Waals surface area contributed by atoms with E-state index < -0.39 is 0 Å². The van der Waals surface area contributed by atoms with Gasteiger partial charge in [-0.05, 0) is 38.5 Å². The largest absolute Gasteiger partial charge is 0.466 e. The van der Waals surface area contributed by atoms with Crippen LogP contribution in [0.15, 0.2) is 12.2 Å². The van der Waals surface area contributed by atoms with Gasteiger partial charge in [0.2, 0.25) is 0 Å². The van der Waals surface area contributed by atoms with E-state index in [-0.39, 0.29) is 5.97 Å². The summed E-state index contributed by atoms with van der Waals surface area (Å²) in [6.45, 7) is 5.23. The minimum Gasteiger partial charge on any atom is -0.466 e. The second-order valence-electron chi connectivity index (χ2n) is 18.2. The van der Waals surface area contributed by atoms with E-state index in [1.807, 2.05) is 0 Å². The van der Waals surface area contributed by atoms with Gasteiger partial charge in [0.1, 0.15) is 0 Å². The van der Waals surface area contributed by atoms with Gasteiger partial charge in [0, 0.05) is 6.42 Å². The maximum Gasteiger partial charge on any atom is 0.305 e. The fourth-order valence-electron chi connectivity index (χ4n) is 8.43. The number of allylic oxidation sites excluding steroid dienone is 2. The van der Waals surface area contributed by atoms with Crippen molar-refractivity contribution in [2.24, 2.45) is 0 Å². The minimum absolute atomic E-state index is 0.0309. The van der Waals surface area contributed by atoms with Crippen molar-refractivity contribution in [2.75, 3.05) is 6.61 Å². The van der Waals surface area contributed by atoms with Crippen LogP contribution in [0.4, 0.5) is 0 Å². The van der Waals surface area contributed by atoms with Crippen molar-refractivity contribution in [3.63, 3.8) is 0 Å². The van der Waals surface area contributed by atoms with E-state index >= 15 is 0 Å². The SMILES string of the molecule is CCCCCCCCC=CCCCCCCCCCCCCCC(=O)OCCCCCCCCCCCCCCCCCCCCCCCCCCCCCC. The maximum absolute atomic E-state index is 12.1. The summed E-state index contributed by atoms with van der Waals surface area (Å²) >= 11 is 0. The zero-order valence-corrected chi connectivity index (χ0v) is 39.1. The van der Waals surface area contributed by atoms with E-state index in [1.54, 1.807) is 0 Å². The second kappa shape index (κ2) is 52.2. The Morgan fingerprint density at radius 2 is 0.500 bits per heavy atom. The van der Waals surface area contributed by atoms with Gasteiger partial charge in [-0.1, -0.05) is 289 Å². The number of hydrogen-bond acceptors (Lipinski definition) is 2. The number of esters is 1. The molecule has 0 saturated heterocycles. The summed E-state index contributed by atoms with van der Waals surface area (Å²) in [5, 5.41) is 0. The highest BCUT2D eigenvalue weighted by Gasteiger charge is 2.03. The number of ether oxygens (including phenoxy) is 1. The van der Waals surface area contributed by atoms with Gasteiger partial charge >= 0.3 is 5.97 Å². The molecular formula is C54H106O2. The maximum atomic E-state index is 12.1. The quantitative estimate of drug-likeness (QED) is 0.0349. The van der Waals surface area contributed by atoms with Crippen LogP contribution < -0.4 is 0 Å². The monoisotopic (exact) mass is 787 g/mol. The van der Waals surface area contributed by atoms with Crippen LogP contribution in [0.25, 0.3) is 0 Å². The van der Waals surface area contributed by atoms with E-state index in [4.69, 9.17) is 4.74 Å². The van der Waals surface area contributed by atoms with Crippen molar-refractivity contribution < 1.29 is 9.53 Å². The molecule has 0 rings (SSSR count). The van der Waals surface area contributed by atoms with Crippen molar-refractivity contribution in [1.29, 1.82) is 0 Å². The molecule has 0 aromatic heterocycles. The summed E-state index contributed by atoms with van der Waals surface area (Å²) in [5.74, 6) is 0.0309. The van der Waals surface area contributed by atoms with E-state index in [2.05, 4.69) is 26.0 Å². The zero-order valence-electron chi connectivity index (χ0n) is 39.1. The average Bonchev–Trinajstić information content (AvgIpc) is 3.20. The minimum atomic E-state index is 0.0309. The Balaban J connectivity index is 3.16. The molecule has 0 bridgehead atoms.